The number of likely N-dealkylation sites (tertiary alicyclic amines) is 1. The molecule has 1 aromatic heterocycles. The fourth-order valence-electron chi connectivity index (χ4n) is 3.89. The molecular weight excluding hydrogens is 292 g/mol. The summed E-state index contributed by atoms with van der Waals surface area (Å²) in [4.78, 5) is 18.2. The Morgan fingerprint density at radius 3 is 2.87 bits per heavy atom. The molecule has 1 atom stereocenters. The number of carboxylic acid groups (broad SMARTS) is 1. The molecule has 2 aliphatic heterocycles. The molecule has 3 heterocycles. The number of aryl methyl sites for hydroxylation is 2. The number of hydrogen-bond donors (Lipinski definition) is 1. The van der Waals surface area contributed by atoms with Gasteiger partial charge in [0.25, 0.3) is 0 Å². The minimum Gasteiger partial charge on any atom is -0.481 e. The van der Waals surface area contributed by atoms with E-state index in [1.54, 1.807) is 0 Å². The monoisotopic (exact) mass is 318 g/mol. The second-order valence-electron chi connectivity index (χ2n) is 6.67. The van der Waals surface area contributed by atoms with E-state index in [-0.39, 0.29) is 6.42 Å². The zero-order chi connectivity index (χ0) is 16.2. The first-order chi connectivity index (χ1) is 11.1. The molecule has 5 heteroatoms. The third kappa shape index (κ3) is 4.09. The van der Waals surface area contributed by atoms with Crippen molar-refractivity contribution in [2.75, 3.05) is 19.8 Å². The van der Waals surface area contributed by atoms with Crippen molar-refractivity contribution in [3.05, 3.63) is 29.1 Å². The van der Waals surface area contributed by atoms with E-state index in [4.69, 9.17) is 14.8 Å². The highest BCUT2D eigenvalue weighted by molar-refractivity contribution is 5.67. The van der Waals surface area contributed by atoms with Crippen LogP contribution < -0.4 is 0 Å². The SMILES string of the molecule is Cc1cc(CCC(=O)O)cc([C@@H]2CCCN2C2CCOCC2)n1. The molecule has 0 saturated carbocycles. The average molecular weight is 318 g/mol. The number of nitrogens with zero attached hydrogens (tertiary/aromatic N) is 2. The summed E-state index contributed by atoms with van der Waals surface area (Å²) in [6, 6.07) is 5.11. The van der Waals surface area contributed by atoms with Crippen molar-refractivity contribution in [3.63, 3.8) is 0 Å². The molecule has 2 aliphatic rings. The summed E-state index contributed by atoms with van der Waals surface area (Å²) in [5, 5.41) is 8.90. The highest BCUT2D eigenvalue weighted by Crippen LogP contribution is 2.35. The van der Waals surface area contributed by atoms with E-state index in [0.29, 0.717) is 18.5 Å². The molecule has 0 aromatic carbocycles. The minimum absolute atomic E-state index is 0.178. The van der Waals surface area contributed by atoms with E-state index >= 15 is 0 Å². The smallest absolute Gasteiger partial charge is 0.303 e. The van der Waals surface area contributed by atoms with Gasteiger partial charge in [-0.25, -0.2) is 0 Å². The molecule has 23 heavy (non-hydrogen) atoms. The molecule has 1 aromatic rings. The first-order valence-electron chi connectivity index (χ1n) is 8.66. The predicted molar refractivity (Wildman–Crippen MR) is 87.5 cm³/mol. The van der Waals surface area contributed by atoms with Gasteiger partial charge in [-0.05, 0) is 63.3 Å². The Morgan fingerprint density at radius 2 is 2.13 bits per heavy atom. The van der Waals surface area contributed by atoms with E-state index in [9.17, 15) is 4.79 Å². The number of ether oxygens (including phenoxy) is 1. The number of rotatable bonds is 5. The standard InChI is InChI=1S/C18H26N2O3/c1-13-11-14(4-5-18(21)22)12-16(19-13)17-3-2-8-20(17)15-6-9-23-10-7-15/h11-12,15,17H,2-10H2,1H3,(H,21,22)/t17-/m0/s1. The van der Waals surface area contributed by atoms with Crippen LogP contribution in [0.25, 0.3) is 0 Å². The molecule has 126 valence electrons. The lowest BCUT2D eigenvalue weighted by atomic mass is 10.0. The van der Waals surface area contributed by atoms with Gasteiger partial charge in [0.05, 0.1) is 11.7 Å². The van der Waals surface area contributed by atoms with Crippen molar-refractivity contribution >= 4 is 5.97 Å². The number of pyridine rings is 1. The molecular formula is C18H26N2O3. The fourth-order valence-corrected chi connectivity index (χ4v) is 3.89. The average Bonchev–Trinajstić information content (AvgIpc) is 3.03. The maximum atomic E-state index is 10.8. The third-order valence-corrected chi connectivity index (χ3v) is 4.96. The van der Waals surface area contributed by atoms with Gasteiger partial charge in [0, 0.05) is 31.4 Å². The van der Waals surface area contributed by atoms with Crippen molar-refractivity contribution in [2.24, 2.45) is 0 Å². The third-order valence-electron chi connectivity index (χ3n) is 4.96. The van der Waals surface area contributed by atoms with Crippen LogP contribution in [0.4, 0.5) is 0 Å². The lowest BCUT2D eigenvalue weighted by molar-refractivity contribution is -0.136. The summed E-state index contributed by atoms with van der Waals surface area (Å²) in [6.45, 7) is 4.86. The Labute approximate surface area is 137 Å². The summed E-state index contributed by atoms with van der Waals surface area (Å²) in [6.07, 6.45) is 5.32. The summed E-state index contributed by atoms with van der Waals surface area (Å²) in [7, 11) is 0. The van der Waals surface area contributed by atoms with Crippen LogP contribution in [-0.2, 0) is 16.0 Å². The van der Waals surface area contributed by atoms with Gasteiger partial charge >= 0.3 is 5.97 Å². The van der Waals surface area contributed by atoms with Crippen molar-refractivity contribution < 1.29 is 14.6 Å². The fraction of sp³-hybridized carbons (Fsp3) is 0.667. The van der Waals surface area contributed by atoms with Crippen LogP contribution in [0.15, 0.2) is 12.1 Å². The second-order valence-corrected chi connectivity index (χ2v) is 6.67. The number of carbonyl (C=O) groups is 1. The van der Waals surface area contributed by atoms with E-state index in [1.165, 1.54) is 6.42 Å². The summed E-state index contributed by atoms with van der Waals surface area (Å²) >= 11 is 0. The van der Waals surface area contributed by atoms with Crippen LogP contribution in [-0.4, -0.2) is 46.8 Å². The van der Waals surface area contributed by atoms with Crippen LogP contribution in [0.1, 0.15) is 55.1 Å². The lowest BCUT2D eigenvalue weighted by Crippen LogP contribution is -2.39. The molecule has 0 amide bonds. The van der Waals surface area contributed by atoms with E-state index < -0.39 is 5.97 Å². The Morgan fingerprint density at radius 1 is 1.35 bits per heavy atom. The van der Waals surface area contributed by atoms with Gasteiger partial charge < -0.3 is 9.84 Å². The number of aliphatic carboxylic acids is 1. The Kier molecular flexibility index (Phi) is 5.28. The predicted octanol–water partition coefficient (Wildman–Crippen LogP) is 2.72. The van der Waals surface area contributed by atoms with Crippen molar-refractivity contribution in [1.29, 1.82) is 0 Å². The van der Waals surface area contributed by atoms with Crippen LogP contribution >= 0.6 is 0 Å². The van der Waals surface area contributed by atoms with Crippen molar-refractivity contribution in [1.82, 2.24) is 9.88 Å². The molecule has 0 spiro atoms. The maximum Gasteiger partial charge on any atom is 0.303 e. The van der Waals surface area contributed by atoms with Gasteiger partial charge in [-0.2, -0.15) is 0 Å². The lowest BCUT2D eigenvalue weighted by Gasteiger charge is -2.35. The van der Waals surface area contributed by atoms with Crippen LogP contribution in [0.3, 0.4) is 0 Å². The Balaban J connectivity index is 1.77. The molecule has 5 nitrogen and oxygen atoms in total. The highest BCUT2D eigenvalue weighted by atomic mass is 16.5. The summed E-state index contributed by atoms with van der Waals surface area (Å²) in [5.41, 5.74) is 3.20. The van der Waals surface area contributed by atoms with E-state index in [2.05, 4.69) is 11.0 Å². The number of hydrogen-bond acceptors (Lipinski definition) is 4. The van der Waals surface area contributed by atoms with Crippen molar-refractivity contribution in [3.8, 4) is 0 Å². The highest BCUT2D eigenvalue weighted by Gasteiger charge is 2.33. The topological polar surface area (TPSA) is 62.7 Å². The van der Waals surface area contributed by atoms with Gasteiger partial charge in [0.1, 0.15) is 0 Å². The molecule has 0 bridgehead atoms. The van der Waals surface area contributed by atoms with Crippen LogP contribution in [0, 0.1) is 6.92 Å². The molecule has 3 rings (SSSR count). The molecule has 0 radical (unpaired) electrons. The Bertz CT molecular complexity index is 555. The maximum absolute atomic E-state index is 10.8. The molecule has 1 N–H and O–H groups in total. The van der Waals surface area contributed by atoms with Gasteiger partial charge in [0.15, 0.2) is 0 Å². The summed E-state index contributed by atoms with van der Waals surface area (Å²) < 4.78 is 5.49. The zero-order valence-electron chi connectivity index (χ0n) is 13.8. The molecule has 2 saturated heterocycles. The largest absolute Gasteiger partial charge is 0.481 e. The van der Waals surface area contributed by atoms with Gasteiger partial charge in [-0.15, -0.1) is 0 Å². The number of carboxylic acids is 1. The first kappa shape index (κ1) is 16.4. The number of aromatic nitrogens is 1. The van der Waals surface area contributed by atoms with Gasteiger partial charge in [0.2, 0.25) is 0 Å². The molecule has 0 aliphatic carbocycles. The molecule has 0 unspecified atom stereocenters. The molecule has 2 fully saturated rings. The van der Waals surface area contributed by atoms with Gasteiger partial charge in [-0.1, -0.05) is 0 Å². The van der Waals surface area contributed by atoms with Crippen molar-refractivity contribution in [2.45, 2.75) is 57.5 Å². The first-order valence-corrected chi connectivity index (χ1v) is 8.66. The van der Waals surface area contributed by atoms with Crippen LogP contribution in [0.5, 0.6) is 0 Å². The normalized spacial score (nSPS) is 23.3. The second kappa shape index (κ2) is 7.41. The minimum atomic E-state index is -0.745. The Hall–Kier alpha value is -1.46. The van der Waals surface area contributed by atoms with E-state index in [1.807, 2.05) is 13.0 Å². The quantitative estimate of drug-likeness (QED) is 0.904. The van der Waals surface area contributed by atoms with E-state index in [0.717, 1.165) is 56.0 Å². The zero-order valence-corrected chi connectivity index (χ0v) is 13.8. The van der Waals surface area contributed by atoms with Gasteiger partial charge in [-0.3, -0.25) is 14.7 Å². The van der Waals surface area contributed by atoms with Crippen LogP contribution in [0.2, 0.25) is 0 Å². The summed E-state index contributed by atoms with van der Waals surface area (Å²) in [5.74, 6) is -0.745.